The zero-order valence-electron chi connectivity index (χ0n) is 17.3. The lowest BCUT2D eigenvalue weighted by atomic mass is 10.2. The Labute approximate surface area is 177 Å². The smallest absolute Gasteiger partial charge is 0.269 e. The average Bonchev–Trinajstić information content (AvgIpc) is 3.10. The van der Waals surface area contributed by atoms with Gasteiger partial charge in [-0.3, -0.25) is 9.36 Å². The molecule has 0 saturated heterocycles. The number of hydrogen-bond acceptors (Lipinski definition) is 6. The lowest BCUT2D eigenvalue weighted by Crippen LogP contribution is -2.19. The van der Waals surface area contributed by atoms with Crippen molar-refractivity contribution in [3.05, 3.63) is 65.2 Å². The first-order chi connectivity index (χ1) is 15.2. The van der Waals surface area contributed by atoms with Crippen molar-refractivity contribution >= 4 is 33.2 Å². The number of ether oxygens (including phenoxy) is 2. The van der Waals surface area contributed by atoms with E-state index in [1.54, 1.807) is 13.4 Å². The molecule has 0 atom stereocenters. The topological polar surface area (TPSA) is 84.1 Å². The summed E-state index contributed by atoms with van der Waals surface area (Å²) in [6.07, 6.45) is 1.54. The SMILES string of the molecule is CCOc1ccc(-n2cnc3c(c2=O)c2nc4ccccc4nc2n3CCOC)cc1. The molecule has 0 bridgehead atoms. The molecule has 8 heteroatoms. The summed E-state index contributed by atoms with van der Waals surface area (Å²) in [5, 5.41) is 0.445. The number of methoxy groups -OCH3 is 1. The second kappa shape index (κ2) is 7.81. The van der Waals surface area contributed by atoms with Crippen LogP contribution in [0.15, 0.2) is 59.7 Å². The Morgan fingerprint density at radius 2 is 1.71 bits per heavy atom. The van der Waals surface area contributed by atoms with E-state index >= 15 is 0 Å². The number of para-hydroxylation sites is 2. The molecule has 2 aromatic carbocycles. The van der Waals surface area contributed by atoms with Crippen LogP contribution in [-0.2, 0) is 11.3 Å². The number of aromatic nitrogens is 5. The van der Waals surface area contributed by atoms with Gasteiger partial charge in [0, 0.05) is 13.7 Å². The Hall–Kier alpha value is -3.78. The molecule has 0 spiro atoms. The van der Waals surface area contributed by atoms with Crippen molar-refractivity contribution in [3.8, 4) is 11.4 Å². The molecule has 0 fully saturated rings. The third kappa shape index (κ3) is 3.21. The van der Waals surface area contributed by atoms with Crippen LogP contribution in [-0.4, -0.2) is 44.4 Å². The van der Waals surface area contributed by atoms with Gasteiger partial charge in [0.25, 0.3) is 5.56 Å². The van der Waals surface area contributed by atoms with E-state index in [0.29, 0.717) is 47.6 Å². The van der Waals surface area contributed by atoms with Crippen molar-refractivity contribution in [2.75, 3.05) is 20.3 Å². The predicted octanol–water partition coefficient (Wildman–Crippen LogP) is 3.33. The molecule has 0 aliphatic rings. The summed E-state index contributed by atoms with van der Waals surface area (Å²) in [7, 11) is 1.64. The second-order valence-electron chi connectivity index (χ2n) is 7.07. The molecule has 3 heterocycles. The maximum absolute atomic E-state index is 13.6. The summed E-state index contributed by atoms with van der Waals surface area (Å²) in [4.78, 5) is 27.7. The first-order valence-electron chi connectivity index (χ1n) is 10.1. The summed E-state index contributed by atoms with van der Waals surface area (Å²) in [5.74, 6) is 0.752. The molecule has 0 aliphatic carbocycles. The van der Waals surface area contributed by atoms with E-state index in [2.05, 4.69) is 4.98 Å². The highest BCUT2D eigenvalue weighted by Gasteiger charge is 2.20. The van der Waals surface area contributed by atoms with Gasteiger partial charge in [0.1, 0.15) is 23.0 Å². The van der Waals surface area contributed by atoms with Crippen LogP contribution in [0.25, 0.3) is 38.9 Å². The Bertz CT molecular complexity index is 1450. The summed E-state index contributed by atoms with van der Waals surface area (Å²) < 4.78 is 14.2. The van der Waals surface area contributed by atoms with Gasteiger partial charge in [-0.2, -0.15) is 0 Å². The first-order valence-corrected chi connectivity index (χ1v) is 10.1. The molecule has 31 heavy (non-hydrogen) atoms. The van der Waals surface area contributed by atoms with Gasteiger partial charge in [-0.15, -0.1) is 0 Å². The Morgan fingerprint density at radius 1 is 0.968 bits per heavy atom. The predicted molar refractivity (Wildman–Crippen MR) is 119 cm³/mol. The van der Waals surface area contributed by atoms with E-state index < -0.39 is 0 Å². The number of rotatable bonds is 6. The molecule has 0 saturated carbocycles. The van der Waals surface area contributed by atoms with Crippen LogP contribution in [0.4, 0.5) is 0 Å². The molecular formula is C23H21N5O3. The van der Waals surface area contributed by atoms with Gasteiger partial charge in [-0.05, 0) is 43.3 Å². The highest BCUT2D eigenvalue weighted by Crippen LogP contribution is 2.25. The summed E-state index contributed by atoms with van der Waals surface area (Å²) in [6, 6.07) is 15.0. The van der Waals surface area contributed by atoms with E-state index in [4.69, 9.17) is 19.4 Å². The highest BCUT2D eigenvalue weighted by molar-refractivity contribution is 6.04. The molecule has 0 amide bonds. The van der Waals surface area contributed by atoms with Crippen LogP contribution >= 0.6 is 0 Å². The van der Waals surface area contributed by atoms with Crippen molar-refractivity contribution in [2.45, 2.75) is 13.5 Å². The Kier molecular flexibility index (Phi) is 4.83. The van der Waals surface area contributed by atoms with Crippen molar-refractivity contribution in [1.29, 1.82) is 0 Å². The molecule has 8 nitrogen and oxygen atoms in total. The summed E-state index contributed by atoms with van der Waals surface area (Å²) in [6.45, 7) is 3.50. The third-order valence-corrected chi connectivity index (χ3v) is 5.20. The molecule has 0 radical (unpaired) electrons. The van der Waals surface area contributed by atoms with Gasteiger partial charge in [0.15, 0.2) is 11.3 Å². The second-order valence-corrected chi connectivity index (χ2v) is 7.07. The fourth-order valence-electron chi connectivity index (χ4n) is 3.75. The summed E-state index contributed by atoms with van der Waals surface area (Å²) >= 11 is 0. The summed E-state index contributed by atoms with van der Waals surface area (Å²) in [5.41, 5.74) is 3.73. The van der Waals surface area contributed by atoms with E-state index in [-0.39, 0.29) is 5.56 Å². The van der Waals surface area contributed by atoms with Crippen LogP contribution in [0.3, 0.4) is 0 Å². The van der Waals surface area contributed by atoms with Crippen LogP contribution in [0, 0.1) is 0 Å². The number of benzene rings is 2. The maximum Gasteiger partial charge on any atom is 0.269 e. The molecule has 3 aromatic heterocycles. The lowest BCUT2D eigenvalue weighted by molar-refractivity contribution is 0.189. The minimum Gasteiger partial charge on any atom is -0.494 e. The Morgan fingerprint density at radius 3 is 2.42 bits per heavy atom. The molecule has 0 N–H and O–H groups in total. The molecule has 5 rings (SSSR count). The molecule has 5 aromatic rings. The van der Waals surface area contributed by atoms with Crippen LogP contribution < -0.4 is 10.3 Å². The number of fused-ring (bicyclic) bond motifs is 4. The van der Waals surface area contributed by atoms with E-state index in [1.807, 2.05) is 60.0 Å². The first kappa shape index (κ1) is 19.2. The molecule has 0 unspecified atom stereocenters. The maximum atomic E-state index is 13.6. The molecule has 0 aliphatic heterocycles. The largest absolute Gasteiger partial charge is 0.494 e. The van der Waals surface area contributed by atoms with Crippen molar-refractivity contribution in [3.63, 3.8) is 0 Å². The highest BCUT2D eigenvalue weighted by atomic mass is 16.5. The van der Waals surface area contributed by atoms with Gasteiger partial charge in [-0.25, -0.2) is 15.0 Å². The molecule has 156 valence electrons. The van der Waals surface area contributed by atoms with Gasteiger partial charge >= 0.3 is 0 Å². The quantitative estimate of drug-likeness (QED) is 0.423. The fraction of sp³-hybridized carbons (Fsp3) is 0.217. The third-order valence-electron chi connectivity index (χ3n) is 5.20. The number of nitrogens with zero attached hydrogens (tertiary/aromatic N) is 5. The number of hydrogen-bond donors (Lipinski definition) is 0. The van der Waals surface area contributed by atoms with Gasteiger partial charge in [-0.1, -0.05) is 12.1 Å². The normalized spacial score (nSPS) is 11.5. The van der Waals surface area contributed by atoms with Gasteiger partial charge in [0.2, 0.25) is 0 Å². The fourth-order valence-corrected chi connectivity index (χ4v) is 3.75. The monoisotopic (exact) mass is 415 g/mol. The van der Waals surface area contributed by atoms with Crippen LogP contribution in [0.1, 0.15) is 6.92 Å². The minimum absolute atomic E-state index is 0.195. The van der Waals surface area contributed by atoms with E-state index in [9.17, 15) is 4.79 Å². The zero-order valence-corrected chi connectivity index (χ0v) is 17.3. The zero-order chi connectivity index (χ0) is 21.4. The minimum atomic E-state index is -0.195. The van der Waals surface area contributed by atoms with Crippen molar-refractivity contribution in [2.24, 2.45) is 0 Å². The Balaban J connectivity index is 1.78. The van der Waals surface area contributed by atoms with Gasteiger partial charge < -0.3 is 14.0 Å². The average molecular weight is 415 g/mol. The lowest BCUT2D eigenvalue weighted by Gasteiger charge is -2.08. The van der Waals surface area contributed by atoms with Gasteiger partial charge in [0.05, 0.1) is 29.9 Å². The molecular weight excluding hydrogens is 394 g/mol. The van der Waals surface area contributed by atoms with Crippen molar-refractivity contribution < 1.29 is 9.47 Å². The van der Waals surface area contributed by atoms with Crippen molar-refractivity contribution in [1.82, 2.24) is 24.1 Å². The standard InChI is InChI=1S/C23H21N5O3/c1-3-31-16-10-8-15(9-11-16)28-14-24-21-19(23(28)29)20-22(27(21)12-13-30-2)26-18-7-5-4-6-17(18)25-20/h4-11,14H,3,12-13H2,1-2H3. The van der Waals surface area contributed by atoms with Crippen LogP contribution in [0.5, 0.6) is 5.75 Å². The van der Waals surface area contributed by atoms with Crippen LogP contribution in [0.2, 0.25) is 0 Å². The van der Waals surface area contributed by atoms with E-state index in [0.717, 1.165) is 16.8 Å². The van der Waals surface area contributed by atoms with E-state index in [1.165, 1.54) is 4.57 Å².